The molecule has 142 valence electrons. The van der Waals surface area contributed by atoms with Gasteiger partial charge in [0.15, 0.2) is 0 Å². The molecule has 0 saturated heterocycles. The fourth-order valence-electron chi connectivity index (χ4n) is 3.82. The van der Waals surface area contributed by atoms with Gasteiger partial charge in [0.25, 0.3) is 0 Å². The van der Waals surface area contributed by atoms with E-state index in [1.807, 2.05) is 17.8 Å². The predicted molar refractivity (Wildman–Crippen MR) is 110 cm³/mol. The minimum atomic E-state index is -0.556. The fraction of sp³-hybridized carbons (Fsp3) is 0.700. The molecular formula is C20H32Cl2OSTi. The molecule has 5 heteroatoms. The molecule has 1 fully saturated rings. The first kappa shape index (κ1) is 23.7. The van der Waals surface area contributed by atoms with Crippen LogP contribution in [0.1, 0.15) is 59.6 Å². The Morgan fingerprint density at radius 1 is 0.960 bits per heavy atom. The predicted octanol–water partition coefficient (Wildman–Crippen LogP) is 7.39. The van der Waals surface area contributed by atoms with E-state index in [0.717, 1.165) is 22.3 Å². The third-order valence-electron chi connectivity index (χ3n) is 5.80. The number of aromatic hydroxyl groups is 1. The molecule has 1 aromatic rings. The number of benzene rings is 1. The van der Waals surface area contributed by atoms with Gasteiger partial charge in [0.05, 0.1) is 4.90 Å². The number of hydrogen-bond donors (Lipinski definition) is 1. The molecule has 0 bridgehead atoms. The average molecular weight is 439 g/mol. The number of phenols is 1. The first-order chi connectivity index (χ1) is 11.4. The first-order valence-electron chi connectivity index (χ1n) is 8.92. The SMILES string of the molecule is Cc1cc(O)c(SC2C(C)C(C)C(C)C2C)c(C(C)(C)C)c1.[Cl][Ti][Cl]. The maximum atomic E-state index is 10.6. The van der Waals surface area contributed by atoms with Crippen LogP contribution in [0.3, 0.4) is 0 Å². The van der Waals surface area contributed by atoms with E-state index in [2.05, 4.69) is 61.5 Å². The molecule has 4 atom stereocenters. The van der Waals surface area contributed by atoms with E-state index in [9.17, 15) is 5.11 Å². The summed E-state index contributed by atoms with van der Waals surface area (Å²) >= 11 is 1.36. The van der Waals surface area contributed by atoms with E-state index in [0.29, 0.717) is 22.8 Å². The van der Waals surface area contributed by atoms with Crippen molar-refractivity contribution in [2.24, 2.45) is 23.7 Å². The van der Waals surface area contributed by atoms with Crippen LogP contribution in [0.25, 0.3) is 0 Å². The molecule has 1 N–H and O–H groups in total. The number of thioether (sulfide) groups is 1. The Hall–Kier alpha value is 0.664. The van der Waals surface area contributed by atoms with Crippen molar-refractivity contribution in [2.45, 2.75) is 71.0 Å². The van der Waals surface area contributed by atoms with Gasteiger partial charge in [-0.15, -0.1) is 11.8 Å². The summed E-state index contributed by atoms with van der Waals surface area (Å²) in [5.41, 5.74) is 2.47. The van der Waals surface area contributed by atoms with Crippen molar-refractivity contribution in [1.29, 1.82) is 0 Å². The second-order valence-corrected chi connectivity index (χ2v) is 12.3. The van der Waals surface area contributed by atoms with Gasteiger partial charge in [-0.05, 0) is 53.2 Å². The van der Waals surface area contributed by atoms with Crippen molar-refractivity contribution < 1.29 is 22.1 Å². The molecule has 0 spiro atoms. The van der Waals surface area contributed by atoms with Crippen LogP contribution in [0.4, 0.5) is 0 Å². The zero-order valence-electron chi connectivity index (χ0n) is 16.7. The van der Waals surface area contributed by atoms with Crippen LogP contribution in [0.15, 0.2) is 17.0 Å². The van der Waals surface area contributed by atoms with Crippen LogP contribution in [-0.4, -0.2) is 10.4 Å². The Kier molecular flexibility index (Phi) is 9.23. The van der Waals surface area contributed by atoms with Crippen molar-refractivity contribution >= 4 is 30.4 Å². The van der Waals surface area contributed by atoms with Crippen molar-refractivity contribution in [3.05, 3.63) is 23.3 Å². The molecule has 0 heterocycles. The van der Waals surface area contributed by atoms with E-state index in [1.54, 1.807) is 0 Å². The summed E-state index contributed by atoms with van der Waals surface area (Å²) in [6, 6.07) is 4.16. The first-order valence-corrected chi connectivity index (χ1v) is 14.1. The van der Waals surface area contributed by atoms with Crippen molar-refractivity contribution in [1.82, 2.24) is 0 Å². The van der Waals surface area contributed by atoms with Gasteiger partial charge in [-0.3, -0.25) is 0 Å². The normalized spacial score (nSPS) is 29.1. The van der Waals surface area contributed by atoms with Crippen LogP contribution in [0, 0.1) is 30.6 Å². The van der Waals surface area contributed by atoms with E-state index in [1.165, 1.54) is 5.56 Å². The summed E-state index contributed by atoms with van der Waals surface area (Å²) in [5, 5.41) is 11.2. The third kappa shape index (κ3) is 5.82. The molecule has 0 amide bonds. The van der Waals surface area contributed by atoms with Crippen LogP contribution in [-0.2, 0) is 22.4 Å². The minimum absolute atomic E-state index is 0.0497. The van der Waals surface area contributed by atoms with Crippen LogP contribution in [0.5, 0.6) is 5.75 Å². The van der Waals surface area contributed by atoms with Gasteiger partial charge in [-0.2, -0.15) is 0 Å². The second-order valence-electron chi connectivity index (χ2n) is 8.50. The van der Waals surface area contributed by atoms with Crippen LogP contribution in [0.2, 0.25) is 0 Å². The summed E-state index contributed by atoms with van der Waals surface area (Å²) in [7, 11) is 9.78. The topological polar surface area (TPSA) is 20.2 Å². The molecule has 1 saturated carbocycles. The Balaban J connectivity index is 0.000000970. The number of hydrogen-bond acceptors (Lipinski definition) is 2. The summed E-state index contributed by atoms with van der Waals surface area (Å²) in [4.78, 5) is 1.10. The van der Waals surface area contributed by atoms with E-state index < -0.39 is 17.0 Å². The molecule has 0 aromatic heterocycles. The number of aryl methyl sites for hydroxylation is 1. The Labute approximate surface area is 175 Å². The molecule has 2 rings (SSSR count). The van der Waals surface area contributed by atoms with Gasteiger partial charge in [-0.25, -0.2) is 0 Å². The summed E-state index contributed by atoms with van der Waals surface area (Å²) < 4.78 is 0. The molecule has 0 aliphatic heterocycles. The number of halogens is 2. The molecule has 1 aliphatic rings. The van der Waals surface area contributed by atoms with Crippen molar-refractivity contribution in [3.8, 4) is 5.75 Å². The molecule has 1 nitrogen and oxygen atoms in total. The molecule has 1 aromatic carbocycles. The molecule has 1 aliphatic carbocycles. The Morgan fingerprint density at radius 2 is 1.40 bits per heavy atom. The third-order valence-corrected chi connectivity index (χ3v) is 7.60. The van der Waals surface area contributed by atoms with Crippen molar-refractivity contribution in [3.63, 3.8) is 0 Å². The Bertz CT molecular complexity index is 560. The molecule has 4 unspecified atom stereocenters. The molecule has 25 heavy (non-hydrogen) atoms. The zero-order valence-corrected chi connectivity index (χ0v) is 20.5. The van der Waals surface area contributed by atoms with Gasteiger partial charge in [0.1, 0.15) is 5.75 Å². The van der Waals surface area contributed by atoms with Gasteiger partial charge >= 0.3 is 35.6 Å². The average Bonchev–Trinajstić information content (AvgIpc) is 2.66. The van der Waals surface area contributed by atoms with E-state index in [4.69, 9.17) is 18.6 Å². The summed E-state index contributed by atoms with van der Waals surface area (Å²) in [6.07, 6.45) is 0. The summed E-state index contributed by atoms with van der Waals surface area (Å²) in [6.45, 7) is 18.3. The monoisotopic (exact) mass is 438 g/mol. The zero-order chi connectivity index (χ0) is 19.5. The van der Waals surface area contributed by atoms with Gasteiger partial charge in [0, 0.05) is 5.25 Å². The fourth-order valence-corrected chi connectivity index (χ4v) is 5.69. The van der Waals surface area contributed by atoms with Gasteiger partial charge in [0.2, 0.25) is 0 Å². The molecule has 0 radical (unpaired) electrons. The number of phenolic OH excluding ortho intramolecular Hbond substituents is 1. The maximum absolute atomic E-state index is 10.6. The van der Waals surface area contributed by atoms with Crippen LogP contribution < -0.4 is 0 Å². The van der Waals surface area contributed by atoms with E-state index in [-0.39, 0.29) is 5.41 Å². The van der Waals surface area contributed by atoms with Crippen molar-refractivity contribution in [2.75, 3.05) is 0 Å². The number of rotatable bonds is 2. The van der Waals surface area contributed by atoms with Gasteiger partial charge in [-0.1, -0.05) is 54.5 Å². The second kappa shape index (κ2) is 9.74. The molecular weight excluding hydrogens is 407 g/mol. The van der Waals surface area contributed by atoms with Gasteiger partial charge < -0.3 is 5.11 Å². The standard InChI is InChI=1S/C20H32OS.2ClH.Ti/c1-11-9-16(20(6,7)8)19(17(21)10-11)22-18-14(4)12(2)13(3)15(18)5;;;/h9-10,12-15,18,21H,1-8H3;2*1H;/q;;;+2/p-2. The Morgan fingerprint density at radius 3 is 1.80 bits per heavy atom. The van der Waals surface area contributed by atoms with E-state index >= 15 is 0 Å². The summed E-state index contributed by atoms with van der Waals surface area (Å²) in [5.74, 6) is 3.32. The van der Waals surface area contributed by atoms with Crippen LogP contribution >= 0.6 is 30.4 Å². The quantitative estimate of drug-likeness (QED) is 0.485.